The molecular formula is C24H27N5O4. The molecule has 1 N–H and O–H groups in total. The van der Waals surface area contributed by atoms with Crippen LogP contribution in [0.3, 0.4) is 0 Å². The lowest BCUT2D eigenvalue weighted by Crippen LogP contribution is -2.58. The van der Waals surface area contributed by atoms with Gasteiger partial charge in [0.2, 0.25) is 0 Å². The van der Waals surface area contributed by atoms with Crippen molar-refractivity contribution in [2.75, 3.05) is 6.61 Å². The number of hydrogen-bond donors (Lipinski definition) is 1. The van der Waals surface area contributed by atoms with E-state index in [4.69, 9.17) is 9.47 Å². The third kappa shape index (κ3) is 4.66. The molecule has 0 bridgehead atoms. The van der Waals surface area contributed by atoms with Gasteiger partial charge in [0.25, 0.3) is 5.91 Å². The number of nitrogens with zero attached hydrogens (tertiary/aromatic N) is 4. The van der Waals surface area contributed by atoms with E-state index in [1.54, 1.807) is 6.08 Å². The minimum absolute atomic E-state index is 0.117. The lowest BCUT2D eigenvalue weighted by atomic mass is 9.85. The van der Waals surface area contributed by atoms with Crippen LogP contribution in [0, 0.1) is 17.2 Å². The second-order valence-corrected chi connectivity index (χ2v) is 9.35. The van der Waals surface area contributed by atoms with E-state index in [1.807, 2.05) is 56.1 Å². The largest absolute Gasteiger partial charge is 0.458 e. The van der Waals surface area contributed by atoms with Crippen LogP contribution in [0.4, 0.5) is 5.69 Å². The summed E-state index contributed by atoms with van der Waals surface area (Å²) in [6.07, 6.45) is 3.53. The normalized spacial score (nSPS) is 28.1. The number of dihydropyridines is 1. The lowest BCUT2D eigenvalue weighted by Gasteiger charge is -2.45. The van der Waals surface area contributed by atoms with E-state index in [2.05, 4.69) is 21.5 Å². The van der Waals surface area contributed by atoms with E-state index < -0.39 is 29.1 Å². The number of amidine groups is 1. The maximum Gasteiger partial charge on any atom is 0.335 e. The molecule has 2 saturated heterocycles. The summed E-state index contributed by atoms with van der Waals surface area (Å²) in [4.78, 5) is 33.8. The smallest absolute Gasteiger partial charge is 0.335 e. The van der Waals surface area contributed by atoms with Crippen LogP contribution in [0.5, 0.6) is 0 Å². The fraction of sp³-hybridized carbons (Fsp3) is 0.458. The Morgan fingerprint density at radius 3 is 2.79 bits per heavy atom. The Hall–Kier alpha value is -3.51. The monoisotopic (exact) mass is 449 g/mol. The molecule has 0 aliphatic carbocycles. The molecule has 1 unspecified atom stereocenters. The van der Waals surface area contributed by atoms with Crippen LogP contribution in [0.15, 0.2) is 52.1 Å². The standard InChI is InChI=1S/C24H27N5O4/c1-23(2,3)33-22(31)18-9-11-24(12-13-25,15-32-18)29-17-10-14-26-21(30)19(17)20(28-29)27-16-7-5-4-6-8-16/h4-8,10,14,18-19H,9,11-12,15H2,1-3H3,(H,27,28)/t18-,19?,24-/m0/s1. The average Bonchev–Trinajstić information content (AvgIpc) is 3.14. The Bertz CT molecular complexity index is 1060. The summed E-state index contributed by atoms with van der Waals surface area (Å²) < 4.78 is 11.4. The molecule has 33 heavy (non-hydrogen) atoms. The first-order valence-corrected chi connectivity index (χ1v) is 10.9. The molecule has 3 atom stereocenters. The van der Waals surface area contributed by atoms with Gasteiger partial charge in [0, 0.05) is 6.21 Å². The Kier molecular flexibility index (Phi) is 6.04. The SMILES string of the molecule is CC(C)(C)OC(=O)[C@@H]1CC[C@@](CC#N)(N2NC(=Nc3ccccc3)C3C(=O)N=CC=C32)CO1. The zero-order chi connectivity index (χ0) is 23.6. The molecule has 3 aliphatic heterocycles. The first kappa shape index (κ1) is 22.7. The molecule has 0 radical (unpaired) electrons. The highest BCUT2D eigenvalue weighted by atomic mass is 16.6. The topological polar surface area (TPSA) is 116 Å². The number of carbonyl (C=O) groups is 2. The van der Waals surface area contributed by atoms with Gasteiger partial charge in [-0.15, -0.1) is 0 Å². The predicted molar refractivity (Wildman–Crippen MR) is 121 cm³/mol. The zero-order valence-corrected chi connectivity index (χ0v) is 18.9. The van der Waals surface area contributed by atoms with E-state index in [-0.39, 0.29) is 18.9 Å². The van der Waals surface area contributed by atoms with Crippen molar-refractivity contribution in [3.63, 3.8) is 0 Å². The third-order valence-electron chi connectivity index (χ3n) is 5.73. The number of hydrogen-bond acceptors (Lipinski definition) is 7. The highest BCUT2D eigenvalue weighted by molar-refractivity contribution is 6.12. The summed E-state index contributed by atoms with van der Waals surface area (Å²) in [5.41, 5.74) is 3.23. The summed E-state index contributed by atoms with van der Waals surface area (Å²) in [6, 6.07) is 11.6. The second kappa shape index (κ2) is 8.79. The molecule has 0 spiro atoms. The van der Waals surface area contributed by atoms with Crippen molar-refractivity contribution in [1.29, 1.82) is 5.26 Å². The number of rotatable bonds is 4. The van der Waals surface area contributed by atoms with Crippen molar-refractivity contribution in [3.05, 3.63) is 42.1 Å². The number of amides is 1. The highest BCUT2D eigenvalue weighted by Crippen LogP contribution is 2.40. The van der Waals surface area contributed by atoms with Gasteiger partial charge in [-0.1, -0.05) is 18.2 Å². The van der Waals surface area contributed by atoms with Crippen LogP contribution >= 0.6 is 0 Å². The van der Waals surface area contributed by atoms with E-state index in [1.165, 1.54) is 6.21 Å². The van der Waals surface area contributed by atoms with Gasteiger partial charge in [-0.25, -0.2) is 14.8 Å². The van der Waals surface area contributed by atoms with E-state index in [0.717, 1.165) is 0 Å². The summed E-state index contributed by atoms with van der Waals surface area (Å²) in [7, 11) is 0. The number of allylic oxidation sites excluding steroid dienone is 1. The molecule has 9 heteroatoms. The fourth-order valence-corrected chi connectivity index (χ4v) is 4.22. The Labute approximate surface area is 192 Å². The minimum atomic E-state index is -0.781. The first-order valence-electron chi connectivity index (χ1n) is 10.9. The molecule has 3 aliphatic rings. The van der Waals surface area contributed by atoms with Gasteiger partial charge in [0.05, 0.1) is 36.0 Å². The van der Waals surface area contributed by atoms with Crippen molar-refractivity contribution in [1.82, 2.24) is 10.4 Å². The summed E-state index contributed by atoms with van der Waals surface area (Å²) in [5, 5.41) is 11.4. The van der Waals surface area contributed by atoms with Crippen LogP contribution in [-0.4, -0.2) is 52.8 Å². The van der Waals surface area contributed by atoms with Gasteiger partial charge in [0.15, 0.2) is 6.10 Å². The quantitative estimate of drug-likeness (QED) is 0.703. The Morgan fingerprint density at radius 2 is 2.15 bits per heavy atom. The molecule has 4 rings (SSSR count). The highest BCUT2D eigenvalue weighted by Gasteiger charge is 2.51. The molecule has 0 saturated carbocycles. The number of esters is 1. The molecule has 2 fully saturated rings. The number of benzene rings is 1. The van der Waals surface area contributed by atoms with Crippen molar-refractivity contribution < 1.29 is 19.1 Å². The van der Waals surface area contributed by atoms with Gasteiger partial charge < -0.3 is 9.47 Å². The number of para-hydroxylation sites is 1. The Balaban J connectivity index is 1.61. The van der Waals surface area contributed by atoms with Crippen LogP contribution in [0.2, 0.25) is 0 Å². The molecule has 1 aromatic rings. The molecule has 172 valence electrons. The van der Waals surface area contributed by atoms with E-state index >= 15 is 0 Å². The van der Waals surface area contributed by atoms with Gasteiger partial charge in [-0.2, -0.15) is 5.26 Å². The second-order valence-electron chi connectivity index (χ2n) is 9.35. The van der Waals surface area contributed by atoms with Crippen LogP contribution in [-0.2, 0) is 19.1 Å². The maximum absolute atomic E-state index is 12.7. The number of ether oxygens (including phenoxy) is 2. The number of fused-ring (bicyclic) bond motifs is 1. The number of hydrazine groups is 1. The molecule has 9 nitrogen and oxygen atoms in total. The number of carbonyl (C=O) groups excluding carboxylic acids is 2. The van der Waals surface area contributed by atoms with Crippen LogP contribution in [0.1, 0.15) is 40.0 Å². The average molecular weight is 450 g/mol. The zero-order valence-electron chi connectivity index (χ0n) is 18.9. The molecule has 1 amide bonds. The maximum atomic E-state index is 12.7. The molecule has 3 heterocycles. The van der Waals surface area contributed by atoms with Crippen molar-refractivity contribution in [3.8, 4) is 6.07 Å². The predicted octanol–water partition coefficient (Wildman–Crippen LogP) is 2.82. The summed E-state index contributed by atoms with van der Waals surface area (Å²) in [5.74, 6) is -0.978. The molecular weight excluding hydrogens is 422 g/mol. The third-order valence-corrected chi connectivity index (χ3v) is 5.73. The fourth-order valence-electron chi connectivity index (χ4n) is 4.22. The summed E-state index contributed by atoms with van der Waals surface area (Å²) >= 11 is 0. The molecule has 1 aromatic carbocycles. The van der Waals surface area contributed by atoms with E-state index in [9.17, 15) is 14.9 Å². The van der Waals surface area contributed by atoms with Gasteiger partial charge >= 0.3 is 5.97 Å². The van der Waals surface area contributed by atoms with Gasteiger partial charge in [0.1, 0.15) is 17.4 Å². The van der Waals surface area contributed by atoms with E-state index in [0.29, 0.717) is 30.1 Å². The van der Waals surface area contributed by atoms with Gasteiger partial charge in [-0.05, 0) is 51.8 Å². The minimum Gasteiger partial charge on any atom is -0.458 e. The van der Waals surface area contributed by atoms with Crippen LogP contribution < -0.4 is 5.43 Å². The Morgan fingerprint density at radius 1 is 1.39 bits per heavy atom. The van der Waals surface area contributed by atoms with Crippen LogP contribution in [0.25, 0.3) is 0 Å². The number of aliphatic imine (C=N–C) groups is 2. The van der Waals surface area contributed by atoms with Crippen molar-refractivity contribution >= 4 is 29.6 Å². The molecule has 0 aromatic heterocycles. The summed E-state index contributed by atoms with van der Waals surface area (Å²) in [6.45, 7) is 5.54. The van der Waals surface area contributed by atoms with Crippen molar-refractivity contribution in [2.45, 2.75) is 57.3 Å². The first-order chi connectivity index (χ1) is 15.7. The number of nitriles is 1. The number of nitrogens with one attached hydrogen (secondary N) is 1. The van der Waals surface area contributed by atoms with Crippen molar-refractivity contribution in [2.24, 2.45) is 15.9 Å². The van der Waals surface area contributed by atoms with Gasteiger partial charge in [-0.3, -0.25) is 15.2 Å². The lowest BCUT2D eigenvalue weighted by molar-refractivity contribution is -0.178.